The fourth-order valence-electron chi connectivity index (χ4n) is 2.04. The number of nitrogens with zero attached hydrogens (tertiary/aromatic N) is 1. The first-order valence-electron chi connectivity index (χ1n) is 6.33. The summed E-state index contributed by atoms with van der Waals surface area (Å²) < 4.78 is 5.41. The molecule has 0 aliphatic carbocycles. The quantitative estimate of drug-likeness (QED) is 0.872. The average Bonchev–Trinajstić information content (AvgIpc) is 2.40. The molecular formula is C14H19NO3. The molecule has 1 heterocycles. The van der Waals surface area contributed by atoms with Gasteiger partial charge in [-0.1, -0.05) is 30.3 Å². The van der Waals surface area contributed by atoms with E-state index in [1.165, 1.54) is 0 Å². The number of benzene rings is 1. The van der Waals surface area contributed by atoms with Crippen LogP contribution in [0.15, 0.2) is 30.3 Å². The van der Waals surface area contributed by atoms with Gasteiger partial charge in [-0.25, -0.2) is 0 Å². The van der Waals surface area contributed by atoms with E-state index in [1.54, 1.807) is 4.90 Å². The third-order valence-corrected chi connectivity index (χ3v) is 3.15. The second-order valence-corrected chi connectivity index (χ2v) is 4.59. The number of rotatable bonds is 4. The summed E-state index contributed by atoms with van der Waals surface area (Å²) >= 11 is 0. The molecule has 1 N–H and O–H groups in total. The minimum Gasteiger partial charge on any atom is -0.393 e. The van der Waals surface area contributed by atoms with Crippen molar-refractivity contribution in [2.75, 3.05) is 19.7 Å². The molecule has 0 saturated carbocycles. The van der Waals surface area contributed by atoms with Crippen LogP contribution in [0.2, 0.25) is 0 Å². The number of likely N-dealkylation sites (tertiary alicyclic amines) is 1. The Balaban J connectivity index is 1.69. The first-order chi connectivity index (χ1) is 8.75. The van der Waals surface area contributed by atoms with Gasteiger partial charge in [0.05, 0.1) is 12.7 Å². The molecule has 1 aliphatic heterocycles. The van der Waals surface area contributed by atoms with Gasteiger partial charge in [-0.05, 0) is 18.4 Å². The van der Waals surface area contributed by atoms with Crippen LogP contribution in [0, 0.1) is 0 Å². The van der Waals surface area contributed by atoms with E-state index < -0.39 is 0 Å². The van der Waals surface area contributed by atoms with Crippen molar-refractivity contribution in [2.45, 2.75) is 25.6 Å². The smallest absolute Gasteiger partial charge is 0.248 e. The van der Waals surface area contributed by atoms with Gasteiger partial charge in [-0.2, -0.15) is 0 Å². The van der Waals surface area contributed by atoms with Crippen LogP contribution in [0.5, 0.6) is 0 Å². The first kappa shape index (κ1) is 13.1. The molecule has 1 saturated heterocycles. The number of aliphatic hydroxyl groups excluding tert-OH is 1. The number of carbonyl (C=O) groups is 1. The fraction of sp³-hybridized carbons (Fsp3) is 0.500. The molecule has 18 heavy (non-hydrogen) atoms. The van der Waals surface area contributed by atoms with Crippen molar-refractivity contribution in [1.82, 2.24) is 4.90 Å². The molecule has 0 atom stereocenters. The first-order valence-corrected chi connectivity index (χ1v) is 6.33. The largest absolute Gasteiger partial charge is 0.393 e. The lowest BCUT2D eigenvalue weighted by Crippen LogP contribution is -2.41. The molecule has 0 bridgehead atoms. The SMILES string of the molecule is O=C(COCc1ccccc1)N1CCC(O)CC1. The van der Waals surface area contributed by atoms with Gasteiger partial charge >= 0.3 is 0 Å². The minimum absolute atomic E-state index is 0.0119. The number of amides is 1. The predicted octanol–water partition coefficient (Wildman–Crippen LogP) is 1.19. The summed E-state index contributed by atoms with van der Waals surface area (Å²) in [6.07, 6.45) is 1.09. The van der Waals surface area contributed by atoms with Gasteiger partial charge in [0.25, 0.3) is 0 Å². The molecular weight excluding hydrogens is 230 g/mol. The highest BCUT2D eigenvalue weighted by Crippen LogP contribution is 2.10. The van der Waals surface area contributed by atoms with E-state index in [9.17, 15) is 9.90 Å². The molecule has 1 aromatic rings. The van der Waals surface area contributed by atoms with Crippen LogP contribution in [0.4, 0.5) is 0 Å². The molecule has 4 heteroatoms. The highest BCUT2D eigenvalue weighted by atomic mass is 16.5. The minimum atomic E-state index is -0.251. The zero-order valence-electron chi connectivity index (χ0n) is 10.4. The van der Waals surface area contributed by atoms with E-state index in [4.69, 9.17) is 4.74 Å². The normalized spacial score (nSPS) is 16.8. The van der Waals surface area contributed by atoms with E-state index in [1.807, 2.05) is 30.3 Å². The topological polar surface area (TPSA) is 49.8 Å². The molecule has 1 fully saturated rings. The van der Waals surface area contributed by atoms with Crippen LogP contribution in [0.3, 0.4) is 0 Å². The standard InChI is InChI=1S/C14H19NO3/c16-13-6-8-15(9-7-13)14(17)11-18-10-12-4-2-1-3-5-12/h1-5,13,16H,6-11H2. The van der Waals surface area contributed by atoms with Crippen molar-refractivity contribution in [3.05, 3.63) is 35.9 Å². The van der Waals surface area contributed by atoms with Crippen LogP contribution in [0.25, 0.3) is 0 Å². The van der Waals surface area contributed by atoms with Crippen LogP contribution < -0.4 is 0 Å². The lowest BCUT2D eigenvalue weighted by atomic mass is 10.1. The Bertz CT molecular complexity index is 372. The fourth-order valence-corrected chi connectivity index (χ4v) is 2.04. The van der Waals surface area contributed by atoms with Crippen molar-refractivity contribution < 1.29 is 14.6 Å². The highest BCUT2D eigenvalue weighted by Gasteiger charge is 2.20. The highest BCUT2D eigenvalue weighted by molar-refractivity contribution is 5.77. The Morgan fingerprint density at radius 2 is 1.94 bits per heavy atom. The number of ether oxygens (including phenoxy) is 1. The Labute approximate surface area is 107 Å². The molecule has 1 aliphatic rings. The van der Waals surface area contributed by atoms with Gasteiger partial charge in [0, 0.05) is 13.1 Å². The van der Waals surface area contributed by atoms with Crippen LogP contribution in [-0.4, -0.2) is 41.7 Å². The summed E-state index contributed by atoms with van der Waals surface area (Å²) in [4.78, 5) is 13.6. The zero-order chi connectivity index (χ0) is 12.8. The predicted molar refractivity (Wildman–Crippen MR) is 67.9 cm³/mol. The second kappa shape index (κ2) is 6.52. The molecule has 1 aromatic carbocycles. The average molecular weight is 249 g/mol. The van der Waals surface area contributed by atoms with E-state index in [0.717, 1.165) is 5.56 Å². The lowest BCUT2D eigenvalue weighted by Gasteiger charge is -2.29. The Morgan fingerprint density at radius 3 is 2.61 bits per heavy atom. The van der Waals surface area contributed by atoms with Crippen molar-refractivity contribution in [3.63, 3.8) is 0 Å². The zero-order valence-corrected chi connectivity index (χ0v) is 10.4. The molecule has 0 spiro atoms. The van der Waals surface area contributed by atoms with Gasteiger partial charge in [0.2, 0.25) is 5.91 Å². The Morgan fingerprint density at radius 1 is 1.28 bits per heavy atom. The third-order valence-electron chi connectivity index (χ3n) is 3.15. The maximum Gasteiger partial charge on any atom is 0.248 e. The van der Waals surface area contributed by atoms with Gasteiger partial charge in [-0.15, -0.1) is 0 Å². The Kier molecular flexibility index (Phi) is 4.73. The molecule has 98 valence electrons. The van der Waals surface area contributed by atoms with Crippen molar-refractivity contribution in [2.24, 2.45) is 0 Å². The van der Waals surface area contributed by atoms with E-state index in [0.29, 0.717) is 32.5 Å². The lowest BCUT2D eigenvalue weighted by molar-refractivity contribution is -0.138. The summed E-state index contributed by atoms with van der Waals surface area (Å²) in [5.41, 5.74) is 1.07. The summed E-state index contributed by atoms with van der Waals surface area (Å²) in [6.45, 7) is 1.84. The molecule has 1 amide bonds. The van der Waals surface area contributed by atoms with E-state index >= 15 is 0 Å². The van der Waals surface area contributed by atoms with Crippen molar-refractivity contribution in [1.29, 1.82) is 0 Å². The van der Waals surface area contributed by atoms with Crippen molar-refractivity contribution >= 4 is 5.91 Å². The van der Waals surface area contributed by atoms with E-state index in [2.05, 4.69) is 0 Å². The molecule has 0 radical (unpaired) electrons. The summed E-state index contributed by atoms with van der Waals surface area (Å²) in [7, 11) is 0. The maximum atomic E-state index is 11.8. The van der Waals surface area contributed by atoms with Crippen molar-refractivity contribution in [3.8, 4) is 0 Å². The molecule has 0 unspecified atom stereocenters. The summed E-state index contributed by atoms with van der Waals surface area (Å²) in [5.74, 6) is 0.0119. The monoisotopic (exact) mass is 249 g/mol. The van der Waals surface area contributed by atoms with Crippen LogP contribution in [0.1, 0.15) is 18.4 Å². The number of hydrogen-bond donors (Lipinski definition) is 1. The summed E-state index contributed by atoms with van der Waals surface area (Å²) in [6, 6.07) is 9.80. The second-order valence-electron chi connectivity index (χ2n) is 4.59. The van der Waals surface area contributed by atoms with Gasteiger partial charge in [0.1, 0.15) is 6.61 Å². The van der Waals surface area contributed by atoms with Crippen LogP contribution in [-0.2, 0) is 16.1 Å². The molecule has 2 rings (SSSR count). The Hall–Kier alpha value is -1.39. The number of piperidine rings is 1. The summed E-state index contributed by atoms with van der Waals surface area (Å²) in [5, 5.41) is 9.36. The molecule has 4 nitrogen and oxygen atoms in total. The number of aliphatic hydroxyl groups is 1. The number of hydrogen-bond acceptors (Lipinski definition) is 3. The van der Waals surface area contributed by atoms with Gasteiger partial charge < -0.3 is 14.7 Å². The number of carbonyl (C=O) groups excluding carboxylic acids is 1. The molecule has 0 aromatic heterocycles. The van der Waals surface area contributed by atoms with Crippen LogP contribution >= 0.6 is 0 Å². The van der Waals surface area contributed by atoms with Gasteiger partial charge in [0.15, 0.2) is 0 Å². The van der Waals surface area contributed by atoms with E-state index in [-0.39, 0.29) is 18.6 Å². The third kappa shape index (κ3) is 3.82. The maximum absolute atomic E-state index is 11.8. The van der Waals surface area contributed by atoms with Gasteiger partial charge in [-0.3, -0.25) is 4.79 Å².